The first-order valence-electron chi connectivity index (χ1n) is 6.83. The molecule has 6 nitrogen and oxygen atoms in total. The average molecular weight is 280 g/mol. The molecule has 0 aromatic carbocycles. The fraction of sp³-hybridized carbons (Fsp3) is 0.571. The Morgan fingerprint density at radius 2 is 1.90 bits per heavy atom. The van der Waals surface area contributed by atoms with Crippen molar-refractivity contribution in [3.05, 3.63) is 24.3 Å². The summed E-state index contributed by atoms with van der Waals surface area (Å²) >= 11 is 0. The van der Waals surface area contributed by atoms with Crippen molar-refractivity contribution in [2.45, 2.75) is 37.8 Å². The largest absolute Gasteiger partial charge is 0.465 e. The predicted molar refractivity (Wildman–Crippen MR) is 73.4 cm³/mol. The fourth-order valence-corrected chi connectivity index (χ4v) is 3.54. The van der Waals surface area contributed by atoms with Crippen LogP contribution in [0.4, 0.5) is 9.59 Å². The molecule has 2 amide bonds. The van der Waals surface area contributed by atoms with Gasteiger partial charge in [0.05, 0.1) is 6.04 Å². The van der Waals surface area contributed by atoms with E-state index >= 15 is 0 Å². The normalized spacial score (nSPS) is 33.7. The monoisotopic (exact) mass is 280 g/mol. The van der Waals surface area contributed by atoms with E-state index in [1.165, 1.54) is 6.42 Å². The molecule has 0 spiro atoms. The Morgan fingerprint density at radius 3 is 2.55 bits per heavy atom. The third-order valence-corrected chi connectivity index (χ3v) is 4.25. The molecule has 0 aromatic rings. The van der Waals surface area contributed by atoms with Crippen molar-refractivity contribution < 1.29 is 19.8 Å². The second-order valence-electron chi connectivity index (χ2n) is 5.42. The van der Waals surface area contributed by atoms with E-state index in [9.17, 15) is 9.90 Å². The average Bonchev–Trinajstić information content (AvgIpc) is 2.82. The fourth-order valence-electron chi connectivity index (χ4n) is 3.54. The molecule has 1 heterocycles. The first-order valence-corrected chi connectivity index (χ1v) is 6.83. The molecule has 4 N–H and O–H groups in total. The molecule has 3 rings (SSSR count). The molecule has 3 aliphatic rings. The number of primary amides is 1. The van der Waals surface area contributed by atoms with Crippen LogP contribution < -0.4 is 5.73 Å². The van der Waals surface area contributed by atoms with Crippen molar-refractivity contribution in [1.82, 2.24) is 4.90 Å². The van der Waals surface area contributed by atoms with Crippen LogP contribution in [0, 0.1) is 11.8 Å². The molecule has 4 unspecified atom stereocenters. The van der Waals surface area contributed by atoms with Crippen LogP contribution in [0.25, 0.3) is 0 Å². The number of rotatable bonds is 0. The van der Waals surface area contributed by atoms with Crippen LogP contribution in [-0.2, 0) is 0 Å². The number of nitrogens with zero attached hydrogens (tertiary/aromatic N) is 1. The number of amides is 2. The molecule has 1 fully saturated rings. The number of hydrogen-bond donors (Lipinski definition) is 3. The molecular weight excluding hydrogens is 260 g/mol. The van der Waals surface area contributed by atoms with Crippen LogP contribution in [0.5, 0.6) is 0 Å². The van der Waals surface area contributed by atoms with Crippen LogP contribution in [0.15, 0.2) is 24.3 Å². The van der Waals surface area contributed by atoms with Gasteiger partial charge >= 0.3 is 12.2 Å². The van der Waals surface area contributed by atoms with Crippen molar-refractivity contribution >= 4 is 12.2 Å². The highest BCUT2D eigenvalue weighted by molar-refractivity contribution is 5.67. The summed E-state index contributed by atoms with van der Waals surface area (Å²) in [6, 6.07) is 0.328. The smallest absolute Gasteiger partial charge is 0.408 e. The van der Waals surface area contributed by atoms with Gasteiger partial charge in [0, 0.05) is 6.04 Å². The number of nitrogens with two attached hydrogens (primary N) is 1. The second-order valence-corrected chi connectivity index (χ2v) is 5.42. The summed E-state index contributed by atoms with van der Waals surface area (Å²) in [5.41, 5.74) is 4.03. The van der Waals surface area contributed by atoms with Crippen LogP contribution in [0.1, 0.15) is 25.7 Å². The second kappa shape index (κ2) is 5.98. The standard InChI is InChI=1S/C13H17NO2.CH3NO2/c15-13(16)14-11-6-2-1-4-9(11)8-10-5-3-7-12(10)14;2-1(3)4/h2-3,5-6,9-12H,1,4,7-8H2,(H,15,16);2H2,(H,3,4). The minimum atomic E-state index is -1.33. The lowest BCUT2D eigenvalue weighted by molar-refractivity contribution is 0.0400. The van der Waals surface area contributed by atoms with Crippen LogP contribution in [-0.4, -0.2) is 39.4 Å². The van der Waals surface area contributed by atoms with Crippen molar-refractivity contribution in [2.24, 2.45) is 17.6 Å². The number of carboxylic acid groups (broad SMARTS) is 2. The summed E-state index contributed by atoms with van der Waals surface area (Å²) in [6.45, 7) is 0. The highest BCUT2D eigenvalue weighted by Crippen LogP contribution is 2.42. The van der Waals surface area contributed by atoms with Gasteiger partial charge in [0.15, 0.2) is 0 Å². The Balaban J connectivity index is 0.000000328. The third-order valence-electron chi connectivity index (χ3n) is 4.25. The molecule has 4 atom stereocenters. The van der Waals surface area contributed by atoms with Gasteiger partial charge in [0.1, 0.15) is 0 Å². The van der Waals surface area contributed by atoms with E-state index in [-0.39, 0.29) is 12.1 Å². The lowest BCUT2D eigenvalue weighted by Gasteiger charge is -2.46. The Kier molecular flexibility index (Phi) is 4.32. The van der Waals surface area contributed by atoms with Crippen LogP contribution >= 0.6 is 0 Å². The van der Waals surface area contributed by atoms with Gasteiger partial charge in [-0.15, -0.1) is 0 Å². The number of likely N-dealkylation sites (tertiary alicyclic amines) is 1. The summed E-state index contributed by atoms with van der Waals surface area (Å²) in [5, 5.41) is 16.6. The van der Waals surface area contributed by atoms with Gasteiger partial charge < -0.3 is 15.9 Å². The van der Waals surface area contributed by atoms with Gasteiger partial charge in [-0.3, -0.25) is 4.90 Å². The molecule has 1 aliphatic heterocycles. The zero-order chi connectivity index (χ0) is 14.7. The van der Waals surface area contributed by atoms with E-state index in [2.05, 4.69) is 30.0 Å². The zero-order valence-electron chi connectivity index (χ0n) is 11.2. The van der Waals surface area contributed by atoms with E-state index in [1.807, 2.05) is 0 Å². The van der Waals surface area contributed by atoms with E-state index in [0.29, 0.717) is 11.8 Å². The molecule has 110 valence electrons. The summed E-state index contributed by atoms with van der Waals surface area (Å²) in [5.74, 6) is 0.994. The molecule has 1 saturated heterocycles. The first-order chi connectivity index (χ1) is 9.50. The minimum Gasteiger partial charge on any atom is -0.465 e. The highest BCUT2D eigenvalue weighted by atomic mass is 16.4. The summed E-state index contributed by atoms with van der Waals surface area (Å²) in [6.07, 6.45) is 10.8. The summed E-state index contributed by atoms with van der Waals surface area (Å²) in [4.78, 5) is 21.9. The van der Waals surface area contributed by atoms with Crippen molar-refractivity contribution in [3.8, 4) is 0 Å². The minimum absolute atomic E-state index is 0.132. The highest BCUT2D eigenvalue weighted by Gasteiger charge is 2.44. The van der Waals surface area contributed by atoms with E-state index in [0.717, 1.165) is 19.3 Å². The van der Waals surface area contributed by atoms with Gasteiger partial charge in [-0.1, -0.05) is 24.3 Å². The SMILES string of the molecule is NC(=O)O.O=C(O)N1C2C=CCCC2CC2C=CCC21. The maximum Gasteiger partial charge on any atom is 0.408 e. The molecule has 0 bridgehead atoms. The van der Waals surface area contributed by atoms with E-state index < -0.39 is 12.2 Å². The zero-order valence-corrected chi connectivity index (χ0v) is 11.2. The lowest BCUT2D eigenvalue weighted by atomic mass is 9.75. The number of piperidine rings is 1. The van der Waals surface area contributed by atoms with Gasteiger partial charge in [0.25, 0.3) is 0 Å². The Bertz CT molecular complexity index is 442. The maximum atomic E-state index is 11.4. The lowest BCUT2D eigenvalue weighted by Crippen LogP contribution is -2.55. The number of allylic oxidation sites excluding steroid dienone is 1. The van der Waals surface area contributed by atoms with E-state index in [4.69, 9.17) is 9.90 Å². The molecular formula is C14H20N2O4. The van der Waals surface area contributed by atoms with Crippen LogP contribution in [0.3, 0.4) is 0 Å². The predicted octanol–water partition coefficient (Wildman–Crippen LogP) is 2.27. The van der Waals surface area contributed by atoms with Gasteiger partial charge in [-0.05, 0) is 37.5 Å². The summed E-state index contributed by atoms with van der Waals surface area (Å²) in [7, 11) is 0. The van der Waals surface area contributed by atoms with Crippen molar-refractivity contribution in [1.29, 1.82) is 0 Å². The topological polar surface area (TPSA) is 104 Å². The Hall–Kier alpha value is -1.98. The van der Waals surface area contributed by atoms with Gasteiger partial charge in [0.2, 0.25) is 0 Å². The molecule has 6 heteroatoms. The first kappa shape index (κ1) is 14.4. The summed E-state index contributed by atoms with van der Waals surface area (Å²) < 4.78 is 0. The van der Waals surface area contributed by atoms with Crippen LogP contribution in [0.2, 0.25) is 0 Å². The van der Waals surface area contributed by atoms with Gasteiger partial charge in [-0.2, -0.15) is 0 Å². The molecule has 20 heavy (non-hydrogen) atoms. The molecule has 0 saturated carbocycles. The van der Waals surface area contributed by atoms with Crippen molar-refractivity contribution in [2.75, 3.05) is 0 Å². The molecule has 2 aliphatic carbocycles. The Labute approximate surface area is 117 Å². The Morgan fingerprint density at radius 1 is 1.20 bits per heavy atom. The van der Waals surface area contributed by atoms with Crippen molar-refractivity contribution in [3.63, 3.8) is 0 Å². The van der Waals surface area contributed by atoms with Gasteiger partial charge in [-0.25, -0.2) is 9.59 Å². The maximum absolute atomic E-state index is 11.4. The number of carbonyl (C=O) groups is 2. The quantitative estimate of drug-likeness (QED) is 0.592. The molecule has 0 radical (unpaired) electrons. The number of fused-ring (bicyclic) bond motifs is 2. The third kappa shape index (κ3) is 2.95. The van der Waals surface area contributed by atoms with E-state index in [1.54, 1.807) is 4.90 Å². The molecule has 0 aromatic heterocycles. The number of hydrogen-bond acceptors (Lipinski definition) is 2.